The molecule has 9 nitrogen and oxygen atoms in total. The quantitative estimate of drug-likeness (QED) is 0.0598. The number of esters is 1. The molecular formula is C35H29N3O6. The van der Waals surface area contributed by atoms with Crippen molar-refractivity contribution in [2.75, 3.05) is 20.2 Å². The third-order valence-corrected chi connectivity index (χ3v) is 8.06. The number of hydrogen-bond donors (Lipinski definition) is 1. The standard InChI is InChI=1S/C35H29N3O6/c1-43-34(41)31(37-44-35(42)38-18-16-23(17-19-38)22-8-3-2-4-9-22)33(40)29-21-36-30-15-14-25(20-28(29)30)32(39)27-13-7-11-24-10-5-6-12-26(24)27/h2-15,20-21,23,36H,16-19H2,1H3/b37-31+. The summed E-state index contributed by atoms with van der Waals surface area (Å²) in [7, 11) is 1.11. The summed E-state index contributed by atoms with van der Waals surface area (Å²) in [6.07, 6.45) is 2.17. The van der Waals surface area contributed by atoms with Gasteiger partial charge in [0, 0.05) is 46.9 Å². The summed E-state index contributed by atoms with van der Waals surface area (Å²) in [4.78, 5) is 62.2. The molecule has 0 bridgehead atoms. The molecule has 0 aliphatic carbocycles. The summed E-state index contributed by atoms with van der Waals surface area (Å²) in [5.41, 5.74) is 2.08. The van der Waals surface area contributed by atoms with Crippen molar-refractivity contribution in [1.82, 2.24) is 9.88 Å². The zero-order valence-corrected chi connectivity index (χ0v) is 24.0. The van der Waals surface area contributed by atoms with E-state index >= 15 is 0 Å². The van der Waals surface area contributed by atoms with Crippen LogP contribution in [0.4, 0.5) is 4.79 Å². The second-order valence-corrected chi connectivity index (χ2v) is 10.6. The van der Waals surface area contributed by atoms with E-state index in [-0.39, 0.29) is 11.3 Å². The Hall–Kier alpha value is -5.57. The van der Waals surface area contributed by atoms with Gasteiger partial charge in [0.15, 0.2) is 5.78 Å². The molecule has 4 aromatic carbocycles. The number of ketones is 2. The molecule has 1 fully saturated rings. The number of likely N-dealkylation sites (tertiary alicyclic amines) is 1. The van der Waals surface area contributed by atoms with E-state index < -0.39 is 23.6 Å². The Morgan fingerprint density at radius 3 is 2.32 bits per heavy atom. The predicted octanol–water partition coefficient (Wildman–Crippen LogP) is 6.28. The minimum Gasteiger partial charge on any atom is -0.464 e. The number of carbonyl (C=O) groups excluding carboxylic acids is 4. The predicted molar refractivity (Wildman–Crippen MR) is 166 cm³/mol. The lowest BCUT2D eigenvalue weighted by atomic mass is 9.90. The van der Waals surface area contributed by atoms with Gasteiger partial charge in [-0.3, -0.25) is 14.4 Å². The SMILES string of the molecule is COC(=O)/C(=N/OC(=O)N1CCC(c2ccccc2)CC1)C(=O)c1c[nH]c2ccc(C(=O)c3cccc4ccccc34)cc12. The van der Waals surface area contributed by atoms with Gasteiger partial charge in [-0.2, -0.15) is 0 Å². The Morgan fingerprint density at radius 2 is 1.55 bits per heavy atom. The lowest BCUT2D eigenvalue weighted by molar-refractivity contribution is -0.132. The van der Waals surface area contributed by atoms with E-state index in [0.29, 0.717) is 41.0 Å². The summed E-state index contributed by atoms with van der Waals surface area (Å²) in [6.45, 7) is 0.900. The third-order valence-electron chi connectivity index (χ3n) is 8.06. The fourth-order valence-electron chi connectivity index (χ4n) is 5.69. The topological polar surface area (TPSA) is 118 Å². The minimum absolute atomic E-state index is 0.0800. The molecule has 2 heterocycles. The number of aromatic amines is 1. The Morgan fingerprint density at radius 1 is 0.818 bits per heavy atom. The highest BCUT2D eigenvalue weighted by Crippen LogP contribution is 2.28. The number of nitrogens with zero attached hydrogens (tertiary/aromatic N) is 2. The van der Waals surface area contributed by atoms with Crippen molar-refractivity contribution < 1.29 is 28.8 Å². The molecule has 0 radical (unpaired) electrons. The van der Waals surface area contributed by atoms with Crippen LogP contribution in [0.15, 0.2) is 102 Å². The minimum atomic E-state index is -1.05. The maximum atomic E-state index is 13.6. The number of nitrogens with one attached hydrogen (secondary N) is 1. The highest BCUT2D eigenvalue weighted by Gasteiger charge is 2.29. The number of H-pyrrole nitrogens is 1. The molecule has 0 spiro atoms. The van der Waals surface area contributed by atoms with Crippen LogP contribution >= 0.6 is 0 Å². The molecular weight excluding hydrogens is 558 g/mol. The maximum absolute atomic E-state index is 13.6. The number of carbonyl (C=O) groups is 4. The van der Waals surface area contributed by atoms with Gasteiger partial charge in [-0.15, -0.1) is 0 Å². The number of amides is 1. The molecule has 1 aromatic heterocycles. The Kier molecular flexibility index (Phi) is 8.01. The van der Waals surface area contributed by atoms with Crippen molar-refractivity contribution in [3.8, 4) is 0 Å². The van der Waals surface area contributed by atoms with Gasteiger partial charge in [-0.05, 0) is 53.3 Å². The summed E-state index contributed by atoms with van der Waals surface area (Å²) in [5, 5.41) is 5.83. The molecule has 0 unspecified atom stereocenters. The summed E-state index contributed by atoms with van der Waals surface area (Å²) >= 11 is 0. The van der Waals surface area contributed by atoms with Crippen molar-refractivity contribution in [3.63, 3.8) is 0 Å². The molecule has 1 aliphatic rings. The van der Waals surface area contributed by atoms with E-state index in [1.165, 1.54) is 16.7 Å². The van der Waals surface area contributed by atoms with E-state index in [4.69, 9.17) is 9.57 Å². The molecule has 1 N–H and O–H groups in total. The van der Waals surface area contributed by atoms with Gasteiger partial charge in [0.2, 0.25) is 11.5 Å². The Bertz CT molecular complexity index is 1910. The second-order valence-electron chi connectivity index (χ2n) is 10.6. The van der Waals surface area contributed by atoms with E-state index in [2.05, 4.69) is 22.3 Å². The molecule has 1 aliphatic heterocycles. The summed E-state index contributed by atoms with van der Waals surface area (Å²) < 4.78 is 4.79. The maximum Gasteiger partial charge on any atom is 0.435 e. The molecule has 5 aromatic rings. The molecule has 9 heteroatoms. The summed E-state index contributed by atoms with van der Waals surface area (Å²) in [6, 6.07) is 28.2. The zero-order chi connectivity index (χ0) is 30.6. The number of fused-ring (bicyclic) bond motifs is 2. The van der Waals surface area contributed by atoms with Gasteiger partial charge < -0.3 is 14.6 Å². The Balaban J connectivity index is 1.22. The number of methoxy groups -OCH3 is 1. The van der Waals surface area contributed by atoms with Crippen LogP contribution in [0.2, 0.25) is 0 Å². The fourth-order valence-corrected chi connectivity index (χ4v) is 5.69. The molecule has 6 rings (SSSR count). The number of ether oxygens (including phenoxy) is 1. The van der Waals surface area contributed by atoms with Crippen molar-refractivity contribution in [3.05, 3.63) is 119 Å². The van der Waals surface area contributed by atoms with Crippen LogP contribution in [0.25, 0.3) is 21.7 Å². The first-order valence-electron chi connectivity index (χ1n) is 14.3. The van der Waals surface area contributed by atoms with E-state index in [9.17, 15) is 19.2 Å². The van der Waals surface area contributed by atoms with Crippen LogP contribution < -0.4 is 0 Å². The van der Waals surface area contributed by atoms with Crippen LogP contribution in [0.3, 0.4) is 0 Å². The van der Waals surface area contributed by atoms with Gasteiger partial charge in [0.25, 0.3) is 0 Å². The number of aromatic nitrogens is 1. The van der Waals surface area contributed by atoms with Crippen molar-refractivity contribution in [2.45, 2.75) is 18.8 Å². The fraction of sp³-hybridized carbons (Fsp3) is 0.171. The van der Waals surface area contributed by atoms with Crippen LogP contribution in [-0.4, -0.2) is 59.4 Å². The highest BCUT2D eigenvalue weighted by molar-refractivity contribution is 6.68. The first kappa shape index (κ1) is 28.5. The van der Waals surface area contributed by atoms with Crippen molar-refractivity contribution in [2.24, 2.45) is 5.16 Å². The van der Waals surface area contributed by atoms with Gasteiger partial charge in [-0.1, -0.05) is 78.0 Å². The van der Waals surface area contributed by atoms with Crippen molar-refractivity contribution in [1.29, 1.82) is 0 Å². The molecule has 0 atom stereocenters. The normalized spacial score (nSPS) is 14.0. The second kappa shape index (κ2) is 12.3. The molecule has 220 valence electrons. The third kappa shape index (κ3) is 5.59. The first-order valence-corrected chi connectivity index (χ1v) is 14.3. The molecule has 1 saturated heterocycles. The first-order chi connectivity index (χ1) is 21.4. The molecule has 1 amide bonds. The van der Waals surface area contributed by atoms with Crippen LogP contribution in [0, 0.1) is 0 Å². The lowest BCUT2D eigenvalue weighted by Gasteiger charge is -2.30. The monoisotopic (exact) mass is 587 g/mol. The van der Waals surface area contributed by atoms with Gasteiger partial charge in [-0.25, -0.2) is 9.59 Å². The average Bonchev–Trinajstić information content (AvgIpc) is 3.51. The number of hydrogen-bond acceptors (Lipinski definition) is 7. The van der Waals surface area contributed by atoms with Crippen molar-refractivity contribution >= 4 is 51.0 Å². The van der Waals surface area contributed by atoms with Gasteiger partial charge in [0.05, 0.1) is 7.11 Å². The van der Waals surface area contributed by atoms with Crippen LogP contribution in [0.5, 0.6) is 0 Å². The number of oxime groups is 1. The molecule has 44 heavy (non-hydrogen) atoms. The van der Waals surface area contributed by atoms with Gasteiger partial charge in [0.1, 0.15) is 0 Å². The largest absolute Gasteiger partial charge is 0.464 e. The van der Waals surface area contributed by atoms with Crippen LogP contribution in [0.1, 0.15) is 50.6 Å². The lowest BCUT2D eigenvalue weighted by Crippen LogP contribution is -2.38. The van der Waals surface area contributed by atoms with E-state index in [1.54, 1.807) is 24.3 Å². The van der Waals surface area contributed by atoms with E-state index in [0.717, 1.165) is 30.7 Å². The smallest absolute Gasteiger partial charge is 0.435 e. The highest BCUT2D eigenvalue weighted by atomic mass is 16.7. The number of rotatable bonds is 7. The number of piperidine rings is 1. The molecule has 0 saturated carbocycles. The van der Waals surface area contributed by atoms with Gasteiger partial charge >= 0.3 is 12.1 Å². The van der Waals surface area contributed by atoms with E-state index in [1.807, 2.05) is 54.6 Å². The zero-order valence-electron chi connectivity index (χ0n) is 24.0. The summed E-state index contributed by atoms with van der Waals surface area (Å²) in [5.74, 6) is -1.75. The number of benzene rings is 4. The number of Topliss-reactive ketones (excluding diaryl/α,β-unsaturated/α-hetero) is 1. The average molecular weight is 588 g/mol. The van der Waals surface area contributed by atoms with Crippen LogP contribution in [-0.2, 0) is 14.4 Å². The Labute approximate surface area is 253 Å².